The van der Waals surface area contributed by atoms with Gasteiger partial charge in [0.2, 0.25) is 0 Å². The van der Waals surface area contributed by atoms with Crippen LogP contribution >= 0.6 is 0 Å². The summed E-state index contributed by atoms with van der Waals surface area (Å²) >= 11 is 0. The number of hydrogen-bond acceptors (Lipinski definition) is 16. The predicted molar refractivity (Wildman–Crippen MR) is 193 cm³/mol. The number of unbranched alkanes of at least 4 members (excludes halogenated alkanes) is 15. The van der Waals surface area contributed by atoms with Crippen LogP contribution in [0.1, 0.15) is 136 Å². The second kappa shape index (κ2) is 28.0. The van der Waals surface area contributed by atoms with Gasteiger partial charge >= 0.3 is 11.9 Å². The molecule has 8 N–H and O–H groups in total. The van der Waals surface area contributed by atoms with Gasteiger partial charge < -0.3 is 69.3 Å². The van der Waals surface area contributed by atoms with Crippen molar-refractivity contribution in [1.29, 1.82) is 0 Å². The van der Waals surface area contributed by atoms with Gasteiger partial charge in [0.15, 0.2) is 25.0 Å². The van der Waals surface area contributed by atoms with Crippen molar-refractivity contribution in [3.8, 4) is 0 Å². The average Bonchev–Trinajstić information content (AvgIpc) is 3.15. The Balaban J connectivity index is 1.90. The normalized spacial score (nSPS) is 29.3. The molecule has 0 aromatic carbocycles. The van der Waals surface area contributed by atoms with Crippen LogP contribution in [0.15, 0.2) is 0 Å². The second-order valence-electron chi connectivity index (χ2n) is 14.6. The van der Waals surface area contributed by atoms with Crippen LogP contribution in [0.3, 0.4) is 0 Å². The minimum atomic E-state index is -2.23. The van der Waals surface area contributed by atoms with Crippen LogP contribution < -0.4 is 0 Å². The van der Waals surface area contributed by atoms with Crippen LogP contribution in [0.5, 0.6) is 0 Å². The molecule has 2 heterocycles. The lowest BCUT2D eigenvalue weighted by Crippen LogP contribution is -2.62. The summed E-state index contributed by atoms with van der Waals surface area (Å²) < 4.78 is 32.9. The van der Waals surface area contributed by atoms with E-state index in [9.17, 15) is 50.4 Å². The Morgan fingerprint density at radius 3 is 1.52 bits per heavy atom. The minimum absolute atomic E-state index is 0.150. The molecule has 2 aliphatic heterocycles. The molecular weight excluding hydrogens is 712 g/mol. The molecule has 0 saturated carbocycles. The third-order valence-corrected chi connectivity index (χ3v) is 9.89. The van der Waals surface area contributed by atoms with Crippen molar-refractivity contribution in [2.45, 2.75) is 210 Å². The van der Waals surface area contributed by atoms with Gasteiger partial charge in [0, 0.05) is 12.8 Å². The highest BCUT2D eigenvalue weighted by Crippen LogP contribution is 2.27. The number of ether oxygens (including phenoxy) is 6. The van der Waals surface area contributed by atoms with Crippen molar-refractivity contribution < 1.29 is 78.9 Å². The quantitative estimate of drug-likeness (QED) is 0.0306. The second-order valence-corrected chi connectivity index (χ2v) is 14.6. The van der Waals surface area contributed by atoms with Gasteiger partial charge in [-0.3, -0.25) is 9.59 Å². The van der Waals surface area contributed by atoms with E-state index >= 15 is 0 Å². The van der Waals surface area contributed by atoms with Crippen molar-refractivity contribution in [2.24, 2.45) is 0 Å². The fourth-order valence-corrected chi connectivity index (χ4v) is 6.44. The summed E-state index contributed by atoms with van der Waals surface area (Å²) in [5.41, 5.74) is 0. The number of aliphatic hydroxyl groups excluding tert-OH is 7. The van der Waals surface area contributed by atoms with Gasteiger partial charge in [0.05, 0.1) is 13.2 Å². The minimum Gasteiger partial charge on any atom is -0.462 e. The van der Waals surface area contributed by atoms with E-state index in [-0.39, 0.29) is 19.4 Å². The zero-order chi connectivity index (χ0) is 39.9. The summed E-state index contributed by atoms with van der Waals surface area (Å²) in [6, 6.07) is 0. The Hall–Kier alpha value is -1.54. The smallest absolute Gasteiger partial charge is 0.306 e. The molecule has 0 aromatic heterocycles. The largest absolute Gasteiger partial charge is 0.462 e. The predicted octanol–water partition coefficient (Wildman–Crippen LogP) is 1.85. The lowest BCUT2D eigenvalue weighted by molar-refractivity contribution is -0.345. The van der Waals surface area contributed by atoms with Crippen LogP contribution in [0.2, 0.25) is 0 Å². The standard InChI is InChI=1S/C38H70O16/c1-3-5-7-9-11-12-13-14-15-17-18-20-27(39)49-22-25(52-28(40)21-19-16-10-8-6-4-2)23-50-37-33(45)30(42)29(41)26(53-37)24-51-38-34(46)31(43)32(44)35(54-38)36(47)48/h25-26,29-38,41-48H,3-24H2,1-2H3/t25-,26-,29+,30+,31+,32-,33-,34-,35+,37-,38+/m1/s1. The molecule has 16 heteroatoms. The number of carbonyl (C=O) groups excluding carboxylic acids is 2. The first-order valence-corrected chi connectivity index (χ1v) is 20.2. The zero-order valence-corrected chi connectivity index (χ0v) is 32.3. The molecule has 0 unspecified atom stereocenters. The first-order valence-electron chi connectivity index (χ1n) is 20.2. The highest BCUT2D eigenvalue weighted by molar-refractivity contribution is 5.70. The first kappa shape index (κ1) is 48.6. The van der Waals surface area contributed by atoms with Crippen LogP contribution in [-0.4, -0.2) is 146 Å². The van der Waals surface area contributed by atoms with Crippen LogP contribution in [-0.2, 0) is 38.0 Å². The van der Waals surface area contributed by atoms with Gasteiger partial charge in [-0.25, -0.2) is 0 Å². The van der Waals surface area contributed by atoms with E-state index in [1.54, 1.807) is 0 Å². The van der Waals surface area contributed by atoms with E-state index < -0.39 is 99.0 Å². The SMILES string of the molecule is CCCCCCCCCCCCCC(=O)OC[C@H](CO[C@@H]1O[C@H](CO[C@H]2O[C@H](C(O)O)[C@H](O)[C@H](O)[C@H]2O)[C@H](O)[C@H](O)[C@H]1O)OC(=O)CCCCCCCC. The highest BCUT2D eigenvalue weighted by atomic mass is 16.7. The van der Waals surface area contributed by atoms with E-state index in [1.165, 1.54) is 44.9 Å². The summed E-state index contributed by atoms with van der Waals surface area (Å²) in [4.78, 5) is 25.3. The zero-order valence-electron chi connectivity index (χ0n) is 32.3. The molecule has 2 fully saturated rings. The van der Waals surface area contributed by atoms with Crippen molar-refractivity contribution in [1.82, 2.24) is 0 Å². The summed E-state index contributed by atoms with van der Waals surface area (Å²) in [5.74, 6) is -0.967. The van der Waals surface area contributed by atoms with E-state index in [1.807, 2.05) is 0 Å². The molecule has 2 rings (SSSR count). The molecule has 54 heavy (non-hydrogen) atoms. The molecule has 0 bridgehead atoms. The van der Waals surface area contributed by atoms with Gasteiger partial charge in [0.25, 0.3) is 0 Å². The summed E-state index contributed by atoms with van der Waals surface area (Å²) in [5, 5.41) is 81.0. The number of hydrogen-bond donors (Lipinski definition) is 8. The average molecular weight is 783 g/mol. The molecule has 11 atom stereocenters. The molecule has 0 spiro atoms. The molecule has 2 aliphatic rings. The van der Waals surface area contributed by atoms with Crippen molar-refractivity contribution >= 4 is 11.9 Å². The lowest BCUT2D eigenvalue weighted by Gasteiger charge is -2.43. The lowest BCUT2D eigenvalue weighted by atomic mass is 9.98. The monoisotopic (exact) mass is 782 g/mol. The molecule has 318 valence electrons. The number of carbonyl (C=O) groups is 2. The van der Waals surface area contributed by atoms with Gasteiger partial charge in [-0.05, 0) is 12.8 Å². The highest BCUT2D eigenvalue weighted by Gasteiger charge is 2.49. The Labute approximate surface area is 320 Å². The number of esters is 2. The molecule has 0 aromatic rings. The topological polar surface area (TPSA) is 251 Å². The van der Waals surface area contributed by atoms with E-state index in [0.717, 1.165) is 51.4 Å². The fourth-order valence-electron chi connectivity index (χ4n) is 6.44. The first-order chi connectivity index (χ1) is 25.9. The number of rotatable bonds is 29. The summed E-state index contributed by atoms with van der Waals surface area (Å²) in [6.07, 6.45) is -1.85. The van der Waals surface area contributed by atoms with Crippen LogP contribution in [0, 0.1) is 0 Å². The Kier molecular flexibility index (Phi) is 25.2. The third-order valence-electron chi connectivity index (χ3n) is 9.89. The molecule has 0 radical (unpaired) electrons. The maximum atomic E-state index is 12.7. The van der Waals surface area contributed by atoms with E-state index in [0.29, 0.717) is 12.8 Å². The maximum absolute atomic E-state index is 12.7. The fraction of sp³-hybridized carbons (Fsp3) is 0.947. The van der Waals surface area contributed by atoms with Gasteiger partial charge in [-0.1, -0.05) is 110 Å². The maximum Gasteiger partial charge on any atom is 0.306 e. The summed E-state index contributed by atoms with van der Waals surface area (Å²) in [6.45, 7) is 2.99. The van der Waals surface area contributed by atoms with Crippen LogP contribution in [0.4, 0.5) is 0 Å². The van der Waals surface area contributed by atoms with Crippen molar-refractivity contribution in [3.63, 3.8) is 0 Å². The summed E-state index contributed by atoms with van der Waals surface area (Å²) in [7, 11) is 0. The van der Waals surface area contributed by atoms with E-state index in [2.05, 4.69) is 13.8 Å². The molecule has 2 saturated heterocycles. The molecular formula is C38H70O16. The third kappa shape index (κ3) is 18.2. The van der Waals surface area contributed by atoms with Crippen LogP contribution in [0.25, 0.3) is 0 Å². The Morgan fingerprint density at radius 1 is 0.537 bits per heavy atom. The van der Waals surface area contributed by atoms with Crippen molar-refractivity contribution in [3.05, 3.63) is 0 Å². The van der Waals surface area contributed by atoms with Gasteiger partial charge in [-0.15, -0.1) is 0 Å². The van der Waals surface area contributed by atoms with Crippen molar-refractivity contribution in [2.75, 3.05) is 19.8 Å². The number of aliphatic hydroxyl groups is 8. The molecule has 16 nitrogen and oxygen atoms in total. The Morgan fingerprint density at radius 2 is 1.00 bits per heavy atom. The van der Waals surface area contributed by atoms with E-state index in [4.69, 9.17) is 28.4 Å². The molecule has 0 aliphatic carbocycles. The van der Waals surface area contributed by atoms with Gasteiger partial charge in [0.1, 0.15) is 55.4 Å². The molecule has 0 amide bonds. The Bertz CT molecular complexity index is 987. The van der Waals surface area contributed by atoms with Gasteiger partial charge in [-0.2, -0.15) is 0 Å².